The summed E-state index contributed by atoms with van der Waals surface area (Å²) < 4.78 is 5.62. The standard InChI is InChI=1S/C13H17NO3.C2H6/c1-9-3-4-12-11(7-9)13(16)14(5-6-15)10(2)8-17-12;1-2/h3-4,7,10,15H,5-6,8H2,1-2H3;1-2H3/t10-;/m0./s1. The Bertz CT molecular complexity index is 431. The van der Waals surface area contributed by atoms with Crippen molar-refractivity contribution in [1.82, 2.24) is 4.90 Å². The fourth-order valence-corrected chi connectivity index (χ4v) is 2.02. The van der Waals surface area contributed by atoms with E-state index in [0.717, 1.165) is 5.56 Å². The first-order valence-electron chi connectivity index (χ1n) is 6.78. The Labute approximate surface area is 115 Å². The highest BCUT2D eigenvalue weighted by atomic mass is 16.5. The first-order chi connectivity index (χ1) is 9.13. The molecule has 1 aromatic carbocycles. The third-order valence-corrected chi connectivity index (χ3v) is 2.98. The second-order valence-electron chi connectivity index (χ2n) is 4.38. The van der Waals surface area contributed by atoms with Gasteiger partial charge in [-0.05, 0) is 26.0 Å². The SMILES string of the molecule is CC.Cc1ccc2c(c1)C(=O)N(CCO)[C@@H](C)CO2. The molecule has 1 atom stereocenters. The molecule has 106 valence electrons. The van der Waals surface area contributed by atoms with Gasteiger partial charge in [0.2, 0.25) is 0 Å². The lowest BCUT2D eigenvalue weighted by Crippen LogP contribution is -2.41. The Kier molecular flexibility index (Phi) is 5.83. The van der Waals surface area contributed by atoms with Gasteiger partial charge in [-0.2, -0.15) is 0 Å². The number of rotatable bonds is 2. The van der Waals surface area contributed by atoms with Crippen molar-refractivity contribution in [3.8, 4) is 5.75 Å². The van der Waals surface area contributed by atoms with Gasteiger partial charge in [0.05, 0.1) is 18.2 Å². The van der Waals surface area contributed by atoms with Crippen molar-refractivity contribution in [2.24, 2.45) is 0 Å². The van der Waals surface area contributed by atoms with E-state index < -0.39 is 0 Å². The average Bonchev–Trinajstić information content (AvgIpc) is 2.54. The summed E-state index contributed by atoms with van der Waals surface area (Å²) in [7, 11) is 0. The Balaban J connectivity index is 0.000000861. The van der Waals surface area contributed by atoms with E-state index in [2.05, 4.69) is 0 Å². The van der Waals surface area contributed by atoms with Crippen LogP contribution in [0.2, 0.25) is 0 Å². The molecular formula is C15H23NO3. The molecule has 4 heteroatoms. The molecule has 1 N–H and O–H groups in total. The third kappa shape index (κ3) is 3.47. The topological polar surface area (TPSA) is 49.8 Å². The molecule has 1 amide bonds. The summed E-state index contributed by atoms with van der Waals surface area (Å²) in [4.78, 5) is 14.0. The maximum absolute atomic E-state index is 12.3. The Hall–Kier alpha value is -1.55. The van der Waals surface area contributed by atoms with E-state index in [0.29, 0.717) is 24.5 Å². The minimum Gasteiger partial charge on any atom is -0.491 e. The van der Waals surface area contributed by atoms with Crippen LogP contribution in [0, 0.1) is 6.92 Å². The van der Waals surface area contributed by atoms with Crippen LogP contribution in [0.15, 0.2) is 18.2 Å². The van der Waals surface area contributed by atoms with Crippen molar-refractivity contribution in [3.05, 3.63) is 29.3 Å². The molecule has 2 rings (SSSR count). The van der Waals surface area contributed by atoms with Crippen molar-refractivity contribution >= 4 is 5.91 Å². The van der Waals surface area contributed by atoms with Crippen molar-refractivity contribution in [2.45, 2.75) is 33.7 Å². The third-order valence-electron chi connectivity index (χ3n) is 2.98. The van der Waals surface area contributed by atoms with Crippen LogP contribution in [0.5, 0.6) is 5.75 Å². The number of hydrogen-bond donors (Lipinski definition) is 1. The summed E-state index contributed by atoms with van der Waals surface area (Å²) in [5.74, 6) is 0.565. The van der Waals surface area contributed by atoms with E-state index in [1.807, 2.05) is 45.9 Å². The lowest BCUT2D eigenvalue weighted by Gasteiger charge is -2.25. The summed E-state index contributed by atoms with van der Waals surface area (Å²) in [6, 6.07) is 5.57. The van der Waals surface area contributed by atoms with E-state index in [1.165, 1.54) is 0 Å². The molecule has 0 spiro atoms. The van der Waals surface area contributed by atoms with Crippen LogP contribution in [0.1, 0.15) is 36.7 Å². The number of amides is 1. The highest BCUT2D eigenvalue weighted by molar-refractivity contribution is 5.97. The molecule has 1 aromatic rings. The van der Waals surface area contributed by atoms with Gasteiger partial charge in [0.25, 0.3) is 5.91 Å². The number of aryl methyl sites for hydroxylation is 1. The summed E-state index contributed by atoms with van der Waals surface area (Å²) >= 11 is 0. The molecule has 0 fully saturated rings. The maximum atomic E-state index is 12.3. The number of carbonyl (C=O) groups is 1. The quantitative estimate of drug-likeness (QED) is 0.892. The van der Waals surface area contributed by atoms with E-state index >= 15 is 0 Å². The lowest BCUT2D eigenvalue weighted by molar-refractivity contribution is 0.0629. The molecule has 1 aliphatic rings. The van der Waals surface area contributed by atoms with Crippen molar-refractivity contribution in [2.75, 3.05) is 19.8 Å². The minimum absolute atomic E-state index is 0.0256. The number of benzene rings is 1. The number of hydrogen-bond acceptors (Lipinski definition) is 3. The Morgan fingerprint density at radius 1 is 1.42 bits per heavy atom. The molecule has 0 radical (unpaired) electrons. The first kappa shape index (κ1) is 15.5. The molecule has 4 nitrogen and oxygen atoms in total. The van der Waals surface area contributed by atoms with E-state index in [1.54, 1.807) is 4.90 Å². The largest absolute Gasteiger partial charge is 0.491 e. The van der Waals surface area contributed by atoms with Crippen LogP contribution in [0.3, 0.4) is 0 Å². The zero-order valence-electron chi connectivity index (χ0n) is 12.1. The minimum atomic E-state index is -0.0669. The number of nitrogens with zero attached hydrogens (tertiary/aromatic N) is 1. The molecular weight excluding hydrogens is 242 g/mol. The molecule has 0 bridgehead atoms. The monoisotopic (exact) mass is 265 g/mol. The van der Waals surface area contributed by atoms with E-state index in [9.17, 15) is 4.79 Å². The summed E-state index contributed by atoms with van der Waals surface area (Å²) in [6.07, 6.45) is 0. The van der Waals surface area contributed by atoms with Crippen LogP contribution in [0.4, 0.5) is 0 Å². The molecule has 0 saturated heterocycles. The van der Waals surface area contributed by atoms with Crippen LogP contribution in [-0.2, 0) is 0 Å². The van der Waals surface area contributed by atoms with Crippen LogP contribution in [-0.4, -0.2) is 41.7 Å². The Morgan fingerprint density at radius 3 is 2.74 bits per heavy atom. The number of aliphatic hydroxyl groups is 1. The molecule has 19 heavy (non-hydrogen) atoms. The molecule has 0 aliphatic carbocycles. The first-order valence-corrected chi connectivity index (χ1v) is 6.78. The Morgan fingerprint density at radius 2 is 2.11 bits per heavy atom. The van der Waals surface area contributed by atoms with Gasteiger partial charge in [0.1, 0.15) is 12.4 Å². The van der Waals surface area contributed by atoms with Gasteiger partial charge in [0.15, 0.2) is 0 Å². The van der Waals surface area contributed by atoms with Crippen molar-refractivity contribution in [3.63, 3.8) is 0 Å². The lowest BCUT2D eigenvalue weighted by atomic mass is 10.1. The summed E-state index contributed by atoms with van der Waals surface area (Å²) in [5.41, 5.74) is 1.61. The molecule has 1 heterocycles. The summed E-state index contributed by atoms with van der Waals surface area (Å²) in [5, 5.41) is 9.01. The average molecular weight is 265 g/mol. The number of aliphatic hydroxyl groups excluding tert-OH is 1. The smallest absolute Gasteiger partial charge is 0.258 e. The van der Waals surface area contributed by atoms with Crippen LogP contribution in [0.25, 0.3) is 0 Å². The number of fused-ring (bicyclic) bond motifs is 1. The fraction of sp³-hybridized carbons (Fsp3) is 0.533. The van der Waals surface area contributed by atoms with Gasteiger partial charge in [-0.1, -0.05) is 25.5 Å². The predicted molar refractivity (Wildman–Crippen MR) is 75.6 cm³/mol. The van der Waals surface area contributed by atoms with Crippen LogP contribution >= 0.6 is 0 Å². The fourth-order valence-electron chi connectivity index (χ4n) is 2.02. The maximum Gasteiger partial charge on any atom is 0.258 e. The van der Waals surface area contributed by atoms with Crippen molar-refractivity contribution < 1.29 is 14.6 Å². The molecule has 1 aliphatic heterocycles. The zero-order valence-corrected chi connectivity index (χ0v) is 12.1. The second kappa shape index (κ2) is 7.14. The highest BCUT2D eigenvalue weighted by Crippen LogP contribution is 2.25. The number of ether oxygens (including phenoxy) is 1. The normalized spacial score (nSPS) is 17.8. The van der Waals surface area contributed by atoms with Gasteiger partial charge in [-0.3, -0.25) is 4.79 Å². The van der Waals surface area contributed by atoms with Gasteiger partial charge in [0, 0.05) is 6.54 Å². The highest BCUT2D eigenvalue weighted by Gasteiger charge is 2.27. The summed E-state index contributed by atoms with van der Waals surface area (Å²) in [6.45, 7) is 8.64. The zero-order chi connectivity index (χ0) is 14.4. The number of β-amino-alcohol motifs (C(OH)–C–C–N with tert-alkyl or cyclic N) is 1. The van der Waals surface area contributed by atoms with Gasteiger partial charge in [-0.15, -0.1) is 0 Å². The number of carbonyl (C=O) groups excluding carboxylic acids is 1. The second-order valence-corrected chi connectivity index (χ2v) is 4.38. The van der Waals surface area contributed by atoms with Gasteiger partial charge in [-0.25, -0.2) is 0 Å². The van der Waals surface area contributed by atoms with Gasteiger partial charge >= 0.3 is 0 Å². The van der Waals surface area contributed by atoms with E-state index in [4.69, 9.17) is 9.84 Å². The molecule has 0 aromatic heterocycles. The van der Waals surface area contributed by atoms with Crippen LogP contribution < -0.4 is 4.74 Å². The predicted octanol–water partition coefficient (Wildman–Crippen LogP) is 2.24. The molecule has 0 unspecified atom stereocenters. The van der Waals surface area contributed by atoms with Gasteiger partial charge < -0.3 is 14.7 Å². The molecule has 0 saturated carbocycles. The van der Waals surface area contributed by atoms with Crippen molar-refractivity contribution in [1.29, 1.82) is 0 Å². The van der Waals surface area contributed by atoms with E-state index in [-0.39, 0.29) is 18.6 Å².